The molecule has 0 aliphatic heterocycles. The van der Waals surface area contributed by atoms with Crippen molar-refractivity contribution in [3.63, 3.8) is 0 Å². The van der Waals surface area contributed by atoms with Crippen molar-refractivity contribution in [3.05, 3.63) is 24.1 Å². The highest BCUT2D eigenvalue weighted by atomic mass is 16.4. The Hall–Kier alpha value is -1.37. The van der Waals surface area contributed by atoms with E-state index in [0.717, 1.165) is 0 Å². The molecule has 0 spiro atoms. The van der Waals surface area contributed by atoms with Crippen LogP contribution in [0, 0.1) is 0 Å². The van der Waals surface area contributed by atoms with Gasteiger partial charge in [-0.2, -0.15) is 0 Å². The third-order valence-electron chi connectivity index (χ3n) is 1.93. The average Bonchev–Trinajstić information content (AvgIpc) is 2.58. The second kappa shape index (κ2) is 3.41. The molecule has 1 aromatic heterocycles. The van der Waals surface area contributed by atoms with Crippen LogP contribution in [-0.4, -0.2) is 22.2 Å². The Morgan fingerprint density at radius 3 is 2.86 bits per heavy atom. The molecular formula is C8H9BN2O3. The van der Waals surface area contributed by atoms with Gasteiger partial charge < -0.3 is 20.2 Å². The molecule has 0 amide bonds. The van der Waals surface area contributed by atoms with Crippen molar-refractivity contribution in [1.82, 2.24) is 4.98 Å². The lowest BCUT2D eigenvalue weighted by molar-refractivity contribution is 0.425. The molecule has 1 heterocycles. The van der Waals surface area contributed by atoms with Crippen molar-refractivity contribution < 1.29 is 14.5 Å². The minimum absolute atomic E-state index is 0.228. The molecule has 4 N–H and O–H groups in total. The first-order valence-electron chi connectivity index (χ1n) is 4.16. The number of aromatic nitrogens is 1. The first kappa shape index (κ1) is 9.20. The quantitative estimate of drug-likeness (QED) is 0.528. The molecule has 0 saturated carbocycles. The van der Waals surface area contributed by atoms with Gasteiger partial charge in [0, 0.05) is 0 Å². The van der Waals surface area contributed by atoms with E-state index in [-0.39, 0.29) is 6.54 Å². The maximum atomic E-state index is 8.92. The minimum atomic E-state index is -1.49. The standard InChI is InChI=1S/C8H9BN2O3/c10-4-8-11-6-2-1-5(9(12)13)3-7(6)14-8/h1-3,12-13H,4,10H2. The SMILES string of the molecule is NCc1nc2ccc(B(O)O)cc2o1. The highest BCUT2D eigenvalue weighted by Gasteiger charge is 2.13. The highest BCUT2D eigenvalue weighted by molar-refractivity contribution is 6.58. The number of hydrogen-bond acceptors (Lipinski definition) is 5. The summed E-state index contributed by atoms with van der Waals surface area (Å²) >= 11 is 0. The molecule has 0 atom stereocenters. The summed E-state index contributed by atoms with van der Waals surface area (Å²) in [4.78, 5) is 4.08. The predicted molar refractivity (Wildman–Crippen MR) is 51.7 cm³/mol. The average molecular weight is 192 g/mol. The van der Waals surface area contributed by atoms with Gasteiger partial charge in [-0.3, -0.25) is 0 Å². The topological polar surface area (TPSA) is 92.5 Å². The van der Waals surface area contributed by atoms with E-state index in [0.29, 0.717) is 22.5 Å². The van der Waals surface area contributed by atoms with Crippen LogP contribution in [0.25, 0.3) is 11.1 Å². The maximum Gasteiger partial charge on any atom is 0.488 e. The Morgan fingerprint density at radius 1 is 1.43 bits per heavy atom. The second-order valence-electron chi connectivity index (χ2n) is 2.91. The third kappa shape index (κ3) is 1.50. The van der Waals surface area contributed by atoms with Crippen molar-refractivity contribution in [2.24, 2.45) is 5.73 Å². The van der Waals surface area contributed by atoms with Crippen molar-refractivity contribution in [2.45, 2.75) is 6.54 Å². The van der Waals surface area contributed by atoms with Crippen LogP contribution in [0.15, 0.2) is 22.6 Å². The van der Waals surface area contributed by atoms with Crippen molar-refractivity contribution in [1.29, 1.82) is 0 Å². The fourth-order valence-electron chi connectivity index (χ4n) is 1.24. The Labute approximate surface area is 80.3 Å². The smallest absolute Gasteiger partial charge is 0.439 e. The van der Waals surface area contributed by atoms with Crippen LogP contribution in [0.2, 0.25) is 0 Å². The maximum absolute atomic E-state index is 8.92. The molecule has 0 saturated heterocycles. The molecule has 0 fully saturated rings. The lowest BCUT2D eigenvalue weighted by Gasteiger charge is -1.96. The van der Waals surface area contributed by atoms with Gasteiger partial charge in [-0.15, -0.1) is 0 Å². The van der Waals surface area contributed by atoms with E-state index in [4.69, 9.17) is 20.2 Å². The predicted octanol–water partition coefficient (Wildman–Crippen LogP) is -1.03. The molecule has 72 valence electrons. The molecular weight excluding hydrogens is 183 g/mol. The number of rotatable bonds is 2. The third-order valence-corrected chi connectivity index (χ3v) is 1.93. The van der Waals surface area contributed by atoms with Crippen LogP contribution < -0.4 is 11.2 Å². The molecule has 0 unspecified atom stereocenters. The zero-order chi connectivity index (χ0) is 10.1. The number of nitrogens with two attached hydrogens (primary N) is 1. The van der Waals surface area contributed by atoms with E-state index < -0.39 is 7.12 Å². The Bertz CT molecular complexity index is 455. The van der Waals surface area contributed by atoms with Gasteiger partial charge in [-0.25, -0.2) is 4.98 Å². The second-order valence-corrected chi connectivity index (χ2v) is 2.91. The Morgan fingerprint density at radius 2 is 2.21 bits per heavy atom. The van der Waals surface area contributed by atoms with Gasteiger partial charge in [0.05, 0.1) is 6.54 Å². The van der Waals surface area contributed by atoms with Gasteiger partial charge in [0.25, 0.3) is 0 Å². The largest absolute Gasteiger partial charge is 0.488 e. The van der Waals surface area contributed by atoms with E-state index in [1.165, 1.54) is 6.07 Å². The normalized spacial score (nSPS) is 10.8. The number of fused-ring (bicyclic) bond motifs is 1. The number of nitrogens with zero attached hydrogens (tertiary/aromatic N) is 1. The van der Waals surface area contributed by atoms with Gasteiger partial charge in [0.2, 0.25) is 5.89 Å². The Kier molecular flexibility index (Phi) is 2.24. The van der Waals surface area contributed by atoms with Gasteiger partial charge in [0.1, 0.15) is 5.52 Å². The van der Waals surface area contributed by atoms with Crippen molar-refractivity contribution in [2.75, 3.05) is 0 Å². The van der Waals surface area contributed by atoms with Crippen LogP contribution in [-0.2, 0) is 6.54 Å². The molecule has 14 heavy (non-hydrogen) atoms. The van der Waals surface area contributed by atoms with E-state index >= 15 is 0 Å². The van der Waals surface area contributed by atoms with Crippen LogP contribution >= 0.6 is 0 Å². The Balaban J connectivity index is 2.54. The zero-order valence-electron chi connectivity index (χ0n) is 7.34. The molecule has 6 heteroatoms. The first-order valence-corrected chi connectivity index (χ1v) is 4.16. The summed E-state index contributed by atoms with van der Waals surface area (Å²) in [5, 5.41) is 17.8. The molecule has 0 radical (unpaired) electrons. The van der Waals surface area contributed by atoms with E-state index in [2.05, 4.69) is 4.98 Å². The molecule has 0 aliphatic rings. The van der Waals surface area contributed by atoms with E-state index in [1.54, 1.807) is 12.1 Å². The molecule has 0 bridgehead atoms. The highest BCUT2D eigenvalue weighted by Crippen LogP contribution is 2.13. The first-order chi connectivity index (χ1) is 6.70. The summed E-state index contributed by atoms with van der Waals surface area (Å²) in [6, 6.07) is 4.77. The summed E-state index contributed by atoms with van der Waals surface area (Å²) in [7, 11) is -1.49. The monoisotopic (exact) mass is 192 g/mol. The summed E-state index contributed by atoms with van der Waals surface area (Å²) in [5.41, 5.74) is 6.90. The van der Waals surface area contributed by atoms with Gasteiger partial charge in [-0.05, 0) is 17.6 Å². The summed E-state index contributed by atoms with van der Waals surface area (Å²) < 4.78 is 5.25. The number of hydrogen-bond donors (Lipinski definition) is 3. The van der Waals surface area contributed by atoms with Crippen LogP contribution in [0.4, 0.5) is 0 Å². The molecule has 0 aliphatic carbocycles. The fourth-order valence-corrected chi connectivity index (χ4v) is 1.24. The van der Waals surface area contributed by atoms with Gasteiger partial charge >= 0.3 is 7.12 Å². The molecule has 2 rings (SSSR count). The molecule has 2 aromatic rings. The van der Waals surface area contributed by atoms with Crippen LogP contribution in [0.5, 0.6) is 0 Å². The number of benzene rings is 1. The lowest BCUT2D eigenvalue weighted by Crippen LogP contribution is -2.29. The fraction of sp³-hybridized carbons (Fsp3) is 0.125. The minimum Gasteiger partial charge on any atom is -0.439 e. The van der Waals surface area contributed by atoms with Crippen molar-refractivity contribution >= 4 is 23.7 Å². The molecule has 1 aromatic carbocycles. The summed E-state index contributed by atoms with van der Waals surface area (Å²) in [6.45, 7) is 0.228. The number of oxazole rings is 1. The van der Waals surface area contributed by atoms with Crippen LogP contribution in [0.3, 0.4) is 0 Å². The summed E-state index contributed by atoms with van der Waals surface area (Å²) in [6.07, 6.45) is 0. The lowest BCUT2D eigenvalue weighted by atomic mass is 9.80. The van der Waals surface area contributed by atoms with E-state index in [9.17, 15) is 0 Å². The summed E-state index contributed by atoms with van der Waals surface area (Å²) in [5.74, 6) is 0.435. The zero-order valence-corrected chi connectivity index (χ0v) is 7.34. The van der Waals surface area contributed by atoms with Crippen molar-refractivity contribution in [3.8, 4) is 0 Å². The van der Waals surface area contributed by atoms with Gasteiger partial charge in [0.15, 0.2) is 5.58 Å². The van der Waals surface area contributed by atoms with E-state index in [1.807, 2.05) is 0 Å². The van der Waals surface area contributed by atoms with Gasteiger partial charge in [-0.1, -0.05) is 6.07 Å². The molecule has 5 nitrogen and oxygen atoms in total. The van der Waals surface area contributed by atoms with Crippen LogP contribution in [0.1, 0.15) is 5.89 Å².